The molecule has 0 fully saturated rings. The lowest BCUT2D eigenvalue weighted by atomic mass is 10.1. The highest BCUT2D eigenvalue weighted by Crippen LogP contribution is 2.39. The minimum atomic E-state index is -0.998. The summed E-state index contributed by atoms with van der Waals surface area (Å²) in [5.41, 5.74) is 0.991. The molecule has 0 aliphatic carbocycles. The number of halogens is 1. The summed E-state index contributed by atoms with van der Waals surface area (Å²) in [6.45, 7) is 0. The van der Waals surface area contributed by atoms with Gasteiger partial charge in [-0.05, 0) is 33.6 Å². The molecule has 0 saturated carbocycles. The fraction of sp³-hybridized carbons (Fsp3) is 0. The van der Waals surface area contributed by atoms with Gasteiger partial charge in [-0.2, -0.15) is 0 Å². The predicted octanol–water partition coefficient (Wildman–Crippen LogP) is 5.00. The van der Waals surface area contributed by atoms with Crippen molar-refractivity contribution in [3.05, 3.63) is 51.9 Å². The van der Waals surface area contributed by atoms with Crippen LogP contribution in [-0.2, 0) is 0 Å². The lowest BCUT2D eigenvalue weighted by Gasteiger charge is -1.97. The van der Waals surface area contributed by atoms with Gasteiger partial charge in [-0.3, -0.25) is 0 Å². The molecule has 0 atom stereocenters. The Hall–Kier alpha value is -1.50. The number of carbonyl (C=O) groups is 1. The number of carboxylic acids is 1. The summed E-state index contributed by atoms with van der Waals surface area (Å²) in [6, 6.07) is 13.4. The van der Waals surface area contributed by atoms with Gasteiger partial charge in [-0.1, -0.05) is 30.3 Å². The van der Waals surface area contributed by atoms with Gasteiger partial charge >= 0.3 is 5.97 Å². The molecular weight excluding hydrogens is 358 g/mol. The maximum atomic E-state index is 11.4. The molecule has 1 aromatic carbocycles. The minimum Gasteiger partial charge on any atom is -0.476 e. The number of aromatic carboxylic acids is 1. The Morgan fingerprint density at radius 1 is 1.10 bits per heavy atom. The van der Waals surface area contributed by atoms with Gasteiger partial charge < -0.3 is 5.11 Å². The van der Waals surface area contributed by atoms with Gasteiger partial charge in [-0.15, -0.1) is 22.7 Å². The predicted molar refractivity (Wildman–Crippen MR) is 85.5 cm³/mol. The molecular formula is C14H8BrNO2S2. The summed E-state index contributed by atoms with van der Waals surface area (Å²) in [5, 5.41) is 10.1. The third-order valence-corrected chi connectivity index (χ3v) is 5.55. The second-order valence-electron chi connectivity index (χ2n) is 3.97. The number of benzene rings is 1. The van der Waals surface area contributed by atoms with Crippen LogP contribution in [0.5, 0.6) is 0 Å². The van der Waals surface area contributed by atoms with Crippen LogP contribution in [0.1, 0.15) is 10.5 Å². The van der Waals surface area contributed by atoms with Crippen molar-refractivity contribution in [1.29, 1.82) is 0 Å². The highest BCUT2D eigenvalue weighted by Gasteiger charge is 2.20. The van der Waals surface area contributed by atoms with Gasteiger partial charge in [0.05, 0.1) is 13.5 Å². The highest BCUT2D eigenvalue weighted by molar-refractivity contribution is 9.11. The summed E-state index contributed by atoms with van der Waals surface area (Å²) >= 11 is 6.35. The Balaban J connectivity index is 2.15. The molecule has 0 amide bonds. The maximum Gasteiger partial charge on any atom is 0.356 e. The van der Waals surface area contributed by atoms with Crippen molar-refractivity contribution in [3.8, 4) is 20.3 Å². The molecule has 3 rings (SSSR count). The minimum absolute atomic E-state index is 0.112. The standard InChI is InChI=1S/C14H8BrNO2S2/c15-10-7-6-9(19-10)13-16-11(14(17)18)12(20-13)8-4-2-1-3-5-8/h1-7H,(H,17,18). The van der Waals surface area contributed by atoms with Crippen LogP contribution in [0.4, 0.5) is 0 Å². The molecule has 3 nitrogen and oxygen atoms in total. The van der Waals surface area contributed by atoms with Gasteiger partial charge in [0.15, 0.2) is 5.69 Å². The topological polar surface area (TPSA) is 50.2 Å². The van der Waals surface area contributed by atoms with Crippen molar-refractivity contribution in [2.45, 2.75) is 0 Å². The Labute approximate surface area is 131 Å². The smallest absolute Gasteiger partial charge is 0.356 e. The van der Waals surface area contributed by atoms with Crippen molar-refractivity contribution < 1.29 is 9.90 Å². The van der Waals surface area contributed by atoms with Gasteiger partial charge in [0.2, 0.25) is 0 Å². The number of aromatic nitrogens is 1. The van der Waals surface area contributed by atoms with Crippen LogP contribution in [0.25, 0.3) is 20.3 Å². The molecule has 0 radical (unpaired) electrons. The SMILES string of the molecule is O=C(O)c1nc(-c2ccc(Br)s2)sc1-c1ccccc1. The van der Waals surface area contributed by atoms with Crippen molar-refractivity contribution in [2.24, 2.45) is 0 Å². The molecule has 0 spiro atoms. The van der Waals surface area contributed by atoms with Crippen molar-refractivity contribution in [1.82, 2.24) is 4.98 Å². The first-order valence-electron chi connectivity index (χ1n) is 5.70. The van der Waals surface area contributed by atoms with E-state index in [-0.39, 0.29) is 5.69 Å². The number of hydrogen-bond acceptors (Lipinski definition) is 4. The molecule has 2 heterocycles. The summed E-state index contributed by atoms with van der Waals surface area (Å²) < 4.78 is 1.00. The summed E-state index contributed by atoms with van der Waals surface area (Å²) in [4.78, 5) is 17.3. The Kier molecular flexibility index (Phi) is 3.69. The van der Waals surface area contributed by atoms with Crippen LogP contribution in [0.3, 0.4) is 0 Å². The molecule has 1 N–H and O–H groups in total. The number of nitrogens with zero attached hydrogens (tertiary/aromatic N) is 1. The summed E-state index contributed by atoms with van der Waals surface area (Å²) in [7, 11) is 0. The van der Waals surface area contributed by atoms with Crippen LogP contribution in [-0.4, -0.2) is 16.1 Å². The molecule has 6 heteroatoms. The third kappa shape index (κ3) is 2.54. The second kappa shape index (κ2) is 5.47. The molecule has 3 aromatic rings. The van der Waals surface area contributed by atoms with Crippen molar-refractivity contribution >= 4 is 44.6 Å². The van der Waals surface area contributed by atoms with Crippen LogP contribution in [0, 0.1) is 0 Å². The van der Waals surface area contributed by atoms with Crippen LogP contribution >= 0.6 is 38.6 Å². The van der Waals surface area contributed by atoms with E-state index in [9.17, 15) is 9.90 Å². The van der Waals surface area contributed by atoms with Gasteiger partial charge in [0.1, 0.15) is 5.01 Å². The average molecular weight is 366 g/mol. The molecule has 0 aliphatic heterocycles. The Bertz CT molecular complexity index is 765. The first-order chi connectivity index (χ1) is 9.65. The molecule has 2 aromatic heterocycles. The van der Waals surface area contributed by atoms with E-state index in [1.54, 1.807) is 11.3 Å². The van der Waals surface area contributed by atoms with E-state index >= 15 is 0 Å². The zero-order chi connectivity index (χ0) is 14.1. The van der Waals surface area contributed by atoms with Gasteiger partial charge in [0, 0.05) is 0 Å². The zero-order valence-corrected chi connectivity index (χ0v) is 13.3. The fourth-order valence-electron chi connectivity index (χ4n) is 1.78. The number of rotatable bonds is 3. The Morgan fingerprint density at radius 3 is 2.45 bits per heavy atom. The lowest BCUT2D eigenvalue weighted by Crippen LogP contribution is -1.98. The van der Waals surface area contributed by atoms with Crippen molar-refractivity contribution in [3.63, 3.8) is 0 Å². The number of hydrogen-bond donors (Lipinski definition) is 1. The third-order valence-electron chi connectivity index (χ3n) is 2.65. The van der Waals surface area contributed by atoms with E-state index in [1.165, 1.54) is 11.3 Å². The molecule has 0 unspecified atom stereocenters. The molecule has 0 bridgehead atoms. The summed E-state index contributed by atoms with van der Waals surface area (Å²) in [6.07, 6.45) is 0. The van der Waals surface area contributed by atoms with Crippen LogP contribution < -0.4 is 0 Å². The first-order valence-corrected chi connectivity index (χ1v) is 8.13. The monoisotopic (exact) mass is 365 g/mol. The fourth-order valence-corrected chi connectivity index (χ4v) is 4.29. The highest BCUT2D eigenvalue weighted by atomic mass is 79.9. The second-order valence-corrected chi connectivity index (χ2v) is 7.43. The zero-order valence-electron chi connectivity index (χ0n) is 10.0. The molecule has 0 saturated heterocycles. The largest absolute Gasteiger partial charge is 0.476 e. The van der Waals surface area contributed by atoms with E-state index in [0.717, 1.165) is 19.2 Å². The molecule has 0 aliphatic rings. The van der Waals surface area contributed by atoms with Gasteiger partial charge in [0.25, 0.3) is 0 Å². The van der Waals surface area contributed by atoms with E-state index in [2.05, 4.69) is 20.9 Å². The number of carboxylic acid groups (broad SMARTS) is 1. The first kappa shape index (κ1) is 13.5. The lowest BCUT2D eigenvalue weighted by molar-refractivity contribution is 0.0692. The number of thiophene rings is 1. The molecule has 100 valence electrons. The van der Waals surface area contributed by atoms with Crippen LogP contribution in [0.15, 0.2) is 46.3 Å². The molecule has 20 heavy (non-hydrogen) atoms. The van der Waals surface area contributed by atoms with E-state index < -0.39 is 5.97 Å². The average Bonchev–Trinajstić information content (AvgIpc) is 3.05. The quantitative estimate of drug-likeness (QED) is 0.710. The normalized spacial score (nSPS) is 10.7. The van der Waals surface area contributed by atoms with Gasteiger partial charge in [-0.25, -0.2) is 9.78 Å². The van der Waals surface area contributed by atoms with E-state index in [4.69, 9.17) is 0 Å². The van der Waals surface area contributed by atoms with E-state index in [0.29, 0.717) is 4.88 Å². The summed E-state index contributed by atoms with van der Waals surface area (Å²) in [5.74, 6) is -0.998. The van der Waals surface area contributed by atoms with Crippen molar-refractivity contribution in [2.75, 3.05) is 0 Å². The number of thiazole rings is 1. The Morgan fingerprint density at radius 2 is 1.85 bits per heavy atom. The van der Waals surface area contributed by atoms with E-state index in [1.807, 2.05) is 42.5 Å². The van der Waals surface area contributed by atoms with Crippen LogP contribution in [0.2, 0.25) is 0 Å². The maximum absolute atomic E-state index is 11.4.